The van der Waals surface area contributed by atoms with Crippen molar-refractivity contribution in [3.63, 3.8) is 0 Å². The predicted octanol–water partition coefficient (Wildman–Crippen LogP) is 12.4. The number of ether oxygens (including phenoxy) is 4. The lowest BCUT2D eigenvalue weighted by Gasteiger charge is -2.45. The molecule has 0 bridgehead atoms. The van der Waals surface area contributed by atoms with E-state index in [9.17, 15) is 0 Å². The molecule has 4 aliphatic rings. The van der Waals surface area contributed by atoms with Crippen molar-refractivity contribution in [2.24, 2.45) is 0 Å². The lowest BCUT2D eigenvalue weighted by Crippen LogP contribution is -2.64. The van der Waals surface area contributed by atoms with Gasteiger partial charge in [0.1, 0.15) is 46.0 Å². The molecule has 4 aliphatic heterocycles. The summed E-state index contributed by atoms with van der Waals surface area (Å²) in [5.74, 6) is 6.33. The van der Waals surface area contributed by atoms with Gasteiger partial charge in [0.2, 0.25) is 0 Å². The van der Waals surface area contributed by atoms with E-state index in [0.29, 0.717) is 0 Å². The minimum Gasteiger partial charge on any atom is -0.458 e. The highest BCUT2D eigenvalue weighted by Gasteiger charge is 2.47. The van der Waals surface area contributed by atoms with Crippen molar-refractivity contribution < 1.29 is 18.9 Å². The molecule has 11 aromatic carbocycles. The van der Waals surface area contributed by atoms with Crippen LogP contribution in [-0.2, 0) is 0 Å². The van der Waals surface area contributed by atoms with Gasteiger partial charge in [-0.15, -0.1) is 0 Å². The summed E-state index contributed by atoms with van der Waals surface area (Å²) < 4.78 is 27.1. The van der Waals surface area contributed by atoms with Crippen LogP contribution < -0.4 is 61.5 Å². The Kier molecular flexibility index (Phi) is 8.45. The molecule has 6 nitrogen and oxygen atoms in total. The Bertz CT molecular complexity index is 3930. The van der Waals surface area contributed by atoms with Gasteiger partial charge in [-0.3, -0.25) is 0 Å². The molecule has 0 aromatic heterocycles. The van der Waals surface area contributed by atoms with Crippen LogP contribution in [0.4, 0.5) is 34.1 Å². The van der Waals surface area contributed by atoms with Gasteiger partial charge in [-0.25, -0.2) is 0 Å². The Balaban J connectivity index is 0.992. The van der Waals surface area contributed by atoms with Crippen LogP contribution >= 0.6 is 0 Å². The molecular formula is C62H38B2N2O4. The van der Waals surface area contributed by atoms with E-state index < -0.39 is 0 Å². The van der Waals surface area contributed by atoms with E-state index in [-0.39, 0.29) is 13.4 Å². The van der Waals surface area contributed by atoms with Crippen LogP contribution in [0.3, 0.4) is 0 Å². The third kappa shape index (κ3) is 5.90. The van der Waals surface area contributed by atoms with Crippen LogP contribution in [0.15, 0.2) is 231 Å². The second kappa shape index (κ2) is 15.2. The molecular weight excluding hydrogens is 858 g/mol. The second-order valence-electron chi connectivity index (χ2n) is 18.3. The Labute approximate surface area is 405 Å². The maximum Gasteiger partial charge on any atom is 0.260 e. The fourth-order valence-electron chi connectivity index (χ4n) is 11.5. The van der Waals surface area contributed by atoms with Crippen molar-refractivity contribution in [1.29, 1.82) is 0 Å². The summed E-state index contributed by atoms with van der Waals surface area (Å²) in [5.41, 5.74) is 13.6. The van der Waals surface area contributed by atoms with Gasteiger partial charge >= 0.3 is 0 Å². The third-order valence-electron chi connectivity index (χ3n) is 14.4. The molecule has 0 saturated carbocycles. The highest BCUT2D eigenvalue weighted by Crippen LogP contribution is 2.49. The van der Waals surface area contributed by atoms with Gasteiger partial charge in [0.15, 0.2) is 0 Å². The number of hydrogen-bond acceptors (Lipinski definition) is 6. The SMILES string of the molecule is c1ccc(Oc2ccc3c4c5c(cc3c2)Oc2cc3c(cc2B5c2ccccc2O4)B2c4ccccc4N(c4ccccc4)c4c2c(cc2cc(Oc5ccccc5)ccc42)N3c2ccccc2)cc1. The van der Waals surface area contributed by atoms with Crippen LogP contribution in [0.25, 0.3) is 21.5 Å². The normalized spacial score (nSPS) is 13.3. The average molecular weight is 897 g/mol. The molecule has 4 heterocycles. The minimum atomic E-state index is -0.154. The molecule has 0 amide bonds. The lowest BCUT2D eigenvalue weighted by molar-refractivity contribution is 0.468. The Hall–Kier alpha value is -9.13. The number of para-hydroxylation sites is 6. The maximum atomic E-state index is 7.27. The molecule has 326 valence electrons. The fourth-order valence-corrected chi connectivity index (χ4v) is 11.5. The zero-order valence-electron chi connectivity index (χ0n) is 37.6. The molecule has 0 spiro atoms. The first-order chi connectivity index (χ1) is 34.7. The highest BCUT2D eigenvalue weighted by molar-refractivity contribution is 7.02. The first kappa shape index (κ1) is 38.9. The quantitative estimate of drug-likeness (QED) is 0.155. The third-order valence-corrected chi connectivity index (χ3v) is 14.4. The van der Waals surface area contributed by atoms with E-state index in [4.69, 9.17) is 18.9 Å². The maximum absolute atomic E-state index is 7.27. The lowest BCUT2D eigenvalue weighted by atomic mass is 9.30. The summed E-state index contributed by atoms with van der Waals surface area (Å²) in [6.07, 6.45) is 0. The van der Waals surface area contributed by atoms with Crippen LogP contribution in [0.5, 0.6) is 46.0 Å². The Morgan fingerprint density at radius 1 is 0.329 bits per heavy atom. The molecule has 11 aromatic rings. The van der Waals surface area contributed by atoms with E-state index in [1.807, 2.05) is 66.7 Å². The van der Waals surface area contributed by atoms with Crippen molar-refractivity contribution in [2.75, 3.05) is 9.80 Å². The average Bonchev–Trinajstić information content (AvgIpc) is 3.41. The van der Waals surface area contributed by atoms with Gasteiger partial charge in [0.05, 0.1) is 5.69 Å². The van der Waals surface area contributed by atoms with Crippen molar-refractivity contribution in [3.05, 3.63) is 231 Å². The van der Waals surface area contributed by atoms with Crippen molar-refractivity contribution in [3.8, 4) is 46.0 Å². The van der Waals surface area contributed by atoms with Gasteiger partial charge < -0.3 is 28.7 Å². The molecule has 0 fully saturated rings. The number of rotatable bonds is 6. The summed E-state index contributed by atoms with van der Waals surface area (Å²) in [7, 11) is 0. The molecule has 0 saturated heterocycles. The Morgan fingerprint density at radius 2 is 0.900 bits per heavy atom. The summed E-state index contributed by atoms with van der Waals surface area (Å²) in [6, 6.07) is 80.9. The molecule has 70 heavy (non-hydrogen) atoms. The smallest absolute Gasteiger partial charge is 0.260 e. The largest absolute Gasteiger partial charge is 0.458 e. The highest BCUT2D eigenvalue weighted by atomic mass is 16.5. The molecule has 0 radical (unpaired) electrons. The molecule has 15 rings (SSSR count). The molecule has 0 atom stereocenters. The first-order valence-electron chi connectivity index (χ1n) is 23.8. The van der Waals surface area contributed by atoms with E-state index in [2.05, 4.69) is 174 Å². The van der Waals surface area contributed by atoms with E-state index in [1.165, 1.54) is 16.4 Å². The van der Waals surface area contributed by atoms with Crippen molar-refractivity contribution in [1.82, 2.24) is 0 Å². The molecule has 0 aliphatic carbocycles. The number of nitrogens with zero attached hydrogens (tertiary/aromatic N) is 2. The van der Waals surface area contributed by atoms with Crippen LogP contribution in [0.1, 0.15) is 0 Å². The van der Waals surface area contributed by atoms with Gasteiger partial charge in [0, 0.05) is 50.7 Å². The number of hydrogen-bond donors (Lipinski definition) is 0. The van der Waals surface area contributed by atoms with Gasteiger partial charge in [-0.05, 0) is 147 Å². The zero-order valence-corrected chi connectivity index (χ0v) is 37.6. The predicted molar refractivity (Wildman–Crippen MR) is 286 cm³/mol. The summed E-state index contributed by atoms with van der Waals surface area (Å²) in [6.45, 7) is -0.277. The summed E-state index contributed by atoms with van der Waals surface area (Å²) in [4.78, 5) is 4.92. The zero-order chi connectivity index (χ0) is 45.9. The first-order valence-corrected chi connectivity index (χ1v) is 23.8. The van der Waals surface area contributed by atoms with Gasteiger partial charge in [-0.1, -0.05) is 115 Å². The van der Waals surface area contributed by atoms with Gasteiger partial charge in [-0.2, -0.15) is 0 Å². The van der Waals surface area contributed by atoms with Gasteiger partial charge in [0.25, 0.3) is 13.4 Å². The summed E-state index contributed by atoms with van der Waals surface area (Å²) >= 11 is 0. The fraction of sp³-hybridized carbons (Fsp3) is 0. The van der Waals surface area contributed by atoms with Crippen molar-refractivity contribution >= 4 is 102 Å². The van der Waals surface area contributed by atoms with Crippen LogP contribution in [0, 0.1) is 0 Å². The number of fused-ring (bicyclic) bond motifs is 12. The number of anilines is 6. The van der Waals surface area contributed by atoms with Crippen molar-refractivity contribution in [2.45, 2.75) is 0 Å². The monoisotopic (exact) mass is 896 g/mol. The van der Waals surface area contributed by atoms with E-state index in [0.717, 1.165) is 118 Å². The van der Waals surface area contributed by atoms with Crippen LogP contribution in [-0.4, -0.2) is 13.4 Å². The van der Waals surface area contributed by atoms with Crippen LogP contribution in [0.2, 0.25) is 0 Å². The molecule has 0 N–H and O–H groups in total. The topological polar surface area (TPSA) is 43.4 Å². The second-order valence-corrected chi connectivity index (χ2v) is 18.3. The minimum absolute atomic E-state index is 0.123. The Morgan fingerprint density at radius 3 is 1.60 bits per heavy atom. The standard InChI is InChI=1S/C62H38B2N2O4/c1-5-17-41(18-6-1)65-54-38-57-52(64-50-26-14-16-28-56(50)70-62-48-32-30-46(68-44-23-11-4-12-24-44)34-40(48)36-58(69-57)60(62)64)37-51(54)63-49-25-13-15-27-53(49)66(42-19-7-2-8-20-42)61-47-31-29-45(67-43-21-9-3-10-22-43)33-39(47)35-55(65)59(61)63/h1-38H. The molecule has 0 unspecified atom stereocenters. The molecule has 8 heteroatoms. The number of benzene rings is 11. The van der Waals surface area contributed by atoms with E-state index in [1.54, 1.807) is 0 Å². The van der Waals surface area contributed by atoms with E-state index >= 15 is 0 Å². The summed E-state index contributed by atoms with van der Waals surface area (Å²) in [5, 5.41) is 4.19.